The van der Waals surface area contributed by atoms with Crippen molar-refractivity contribution in [3.8, 4) is 0 Å². The maximum absolute atomic E-state index is 11.8. The van der Waals surface area contributed by atoms with Crippen LogP contribution >= 0.6 is 0 Å². The quantitative estimate of drug-likeness (QED) is 0.375. The van der Waals surface area contributed by atoms with Gasteiger partial charge in [-0.2, -0.15) is 0 Å². The average molecular weight is 344 g/mol. The zero-order chi connectivity index (χ0) is 18.1. The predicted octanol–water partition coefficient (Wildman–Crippen LogP) is 4.17. The monoisotopic (exact) mass is 344 g/mol. The van der Waals surface area contributed by atoms with Crippen LogP contribution in [-0.2, 0) is 4.74 Å². The molecule has 4 atom stereocenters. The second-order valence-corrected chi connectivity index (χ2v) is 7.09. The molecule has 1 N–H and O–H groups in total. The number of allylic oxidation sites excluding steroid dienone is 1. The summed E-state index contributed by atoms with van der Waals surface area (Å²) in [7, 11) is 0. The fraction of sp³-hybridized carbons (Fsp3) is 0.526. The van der Waals surface area contributed by atoms with Gasteiger partial charge in [-0.1, -0.05) is 25.5 Å². The first-order valence-corrected chi connectivity index (χ1v) is 8.84. The molecule has 0 radical (unpaired) electrons. The highest BCUT2D eigenvalue weighted by Crippen LogP contribution is 2.47. The molecule has 0 bridgehead atoms. The molecule has 0 aliphatic heterocycles. The van der Waals surface area contributed by atoms with Gasteiger partial charge < -0.3 is 10.1 Å². The van der Waals surface area contributed by atoms with Crippen LogP contribution in [0.3, 0.4) is 0 Å². The number of anilines is 1. The van der Waals surface area contributed by atoms with Crippen LogP contribution in [0.15, 0.2) is 29.8 Å². The lowest BCUT2D eigenvalue weighted by Gasteiger charge is -2.44. The van der Waals surface area contributed by atoms with Crippen molar-refractivity contribution in [2.24, 2.45) is 17.8 Å². The van der Waals surface area contributed by atoms with Crippen molar-refractivity contribution < 1.29 is 14.5 Å². The molecule has 0 heterocycles. The molecule has 0 amide bonds. The van der Waals surface area contributed by atoms with Crippen LogP contribution in [-0.4, -0.2) is 23.5 Å². The van der Waals surface area contributed by atoms with E-state index >= 15 is 0 Å². The summed E-state index contributed by atoms with van der Waals surface area (Å²) in [6, 6.07) is 4.53. The van der Waals surface area contributed by atoms with Gasteiger partial charge in [0.2, 0.25) is 0 Å². The van der Waals surface area contributed by atoms with E-state index in [1.165, 1.54) is 18.1 Å². The van der Waals surface area contributed by atoms with E-state index in [0.717, 1.165) is 6.42 Å². The summed E-state index contributed by atoms with van der Waals surface area (Å²) in [6.45, 7) is 6.34. The lowest BCUT2D eigenvalue weighted by Crippen LogP contribution is -2.39. The van der Waals surface area contributed by atoms with Crippen LogP contribution in [0.2, 0.25) is 0 Å². The molecule has 1 aromatic carbocycles. The topological polar surface area (TPSA) is 81.5 Å². The molecular weight excluding hydrogens is 320 g/mol. The van der Waals surface area contributed by atoms with Crippen molar-refractivity contribution in [2.45, 2.75) is 39.7 Å². The van der Waals surface area contributed by atoms with Crippen LogP contribution in [0.1, 0.15) is 44.0 Å². The van der Waals surface area contributed by atoms with Crippen LogP contribution in [0.4, 0.5) is 11.4 Å². The number of nitrogens with one attached hydrogen (secondary N) is 1. The predicted molar refractivity (Wildman–Crippen MR) is 95.6 cm³/mol. The van der Waals surface area contributed by atoms with E-state index in [1.807, 2.05) is 0 Å². The first-order chi connectivity index (χ1) is 11.9. The number of nitrogens with zero attached hydrogens (tertiary/aromatic N) is 1. The third-order valence-corrected chi connectivity index (χ3v) is 5.35. The Balaban J connectivity index is 1.85. The van der Waals surface area contributed by atoms with E-state index in [1.54, 1.807) is 19.1 Å². The van der Waals surface area contributed by atoms with Gasteiger partial charge in [-0.25, -0.2) is 4.79 Å². The number of ether oxygens (including phenoxy) is 1. The molecule has 2 aliphatic rings. The van der Waals surface area contributed by atoms with Gasteiger partial charge in [-0.15, -0.1) is 0 Å². The van der Waals surface area contributed by atoms with Crippen LogP contribution in [0, 0.1) is 27.9 Å². The van der Waals surface area contributed by atoms with Crippen molar-refractivity contribution in [2.75, 3.05) is 11.9 Å². The second-order valence-electron chi connectivity index (χ2n) is 7.09. The number of esters is 1. The number of nitro benzene ring substituents is 1. The van der Waals surface area contributed by atoms with Gasteiger partial charge in [-0.3, -0.25) is 10.1 Å². The number of hydrogen-bond acceptors (Lipinski definition) is 5. The van der Waals surface area contributed by atoms with Gasteiger partial charge in [0.1, 0.15) is 5.69 Å². The van der Waals surface area contributed by atoms with Gasteiger partial charge >= 0.3 is 5.97 Å². The summed E-state index contributed by atoms with van der Waals surface area (Å²) in [5.41, 5.74) is 2.01. The van der Waals surface area contributed by atoms with Crippen molar-refractivity contribution in [3.05, 3.63) is 45.5 Å². The minimum atomic E-state index is -0.545. The van der Waals surface area contributed by atoms with Crippen LogP contribution in [0.25, 0.3) is 0 Å². The number of nitro groups is 1. The summed E-state index contributed by atoms with van der Waals surface area (Å²) < 4.78 is 4.92. The minimum Gasteiger partial charge on any atom is -0.462 e. The Bertz CT molecular complexity index is 728. The molecule has 1 saturated carbocycles. The average Bonchev–Trinajstić information content (AvgIpc) is 2.57. The van der Waals surface area contributed by atoms with E-state index in [-0.39, 0.29) is 23.9 Å². The second kappa shape index (κ2) is 6.86. The molecular formula is C19H24N2O4. The van der Waals surface area contributed by atoms with Gasteiger partial charge in [0.05, 0.1) is 17.1 Å². The minimum absolute atomic E-state index is 0.0705. The molecule has 6 nitrogen and oxygen atoms in total. The zero-order valence-electron chi connectivity index (χ0n) is 14.8. The Kier molecular flexibility index (Phi) is 4.79. The number of fused-ring (bicyclic) bond motifs is 1. The molecule has 134 valence electrons. The first kappa shape index (κ1) is 17.5. The Morgan fingerprint density at radius 3 is 2.76 bits per heavy atom. The maximum Gasteiger partial charge on any atom is 0.338 e. The summed E-state index contributed by atoms with van der Waals surface area (Å²) in [5, 5.41) is 14.8. The molecule has 1 fully saturated rings. The Morgan fingerprint density at radius 2 is 2.12 bits per heavy atom. The lowest BCUT2D eigenvalue weighted by molar-refractivity contribution is -0.384. The molecule has 0 spiro atoms. The standard InChI is InChI=1S/C19H24N2O4/c1-4-25-19(22)13-5-6-16(18(9-13)21(23)24)20-17-10-15-11(2)7-14(15)8-12(17)3/h5-6,9-12,14,17,20H,4,7-8H2,1-3H3. The number of rotatable bonds is 5. The molecule has 4 unspecified atom stereocenters. The highest BCUT2D eigenvalue weighted by Gasteiger charge is 2.38. The fourth-order valence-corrected chi connectivity index (χ4v) is 3.95. The van der Waals surface area contributed by atoms with E-state index in [4.69, 9.17) is 4.74 Å². The normalized spacial score (nSPS) is 27.6. The fourth-order valence-electron chi connectivity index (χ4n) is 3.95. The van der Waals surface area contributed by atoms with Gasteiger partial charge in [-0.05, 0) is 49.7 Å². The van der Waals surface area contributed by atoms with E-state index in [2.05, 4.69) is 25.2 Å². The van der Waals surface area contributed by atoms with Crippen LogP contribution in [0.5, 0.6) is 0 Å². The van der Waals surface area contributed by atoms with E-state index in [0.29, 0.717) is 23.4 Å². The molecule has 6 heteroatoms. The first-order valence-electron chi connectivity index (χ1n) is 8.84. The molecule has 1 aromatic rings. The summed E-state index contributed by atoms with van der Waals surface area (Å²) in [4.78, 5) is 22.8. The number of carbonyl (C=O) groups is 1. The Morgan fingerprint density at radius 1 is 1.36 bits per heavy atom. The number of hydrogen-bond donors (Lipinski definition) is 1. The maximum atomic E-state index is 11.8. The number of benzene rings is 1. The van der Waals surface area contributed by atoms with E-state index in [9.17, 15) is 14.9 Å². The lowest BCUT2D eigenvalue weighted by atomic mass is 9.63. The van der Waals surface area contributed by atoms with Crippen molar-refractivity contribution in [1.29, 1.82) is 0 Å². The summed E-state index contributed by atoms with van der Waals surface area (Å²) >= 11 is 0. The Hall–Kier alpha value is -2.37. The molecule has 2 aliphatic carbocycles. The zero-order valence-corrected chi connectivity index (χ0v) is 14.8. The highest BCUT2D eigenvalue weighted by atomic mass is 16.6. The van der Waals surface area contributed by atoms with Gasteiger partial charge in [0.25, 0.3) is 5.69 Å². The van der Waals surface area contributed by atoms with Crippen molar-refractivity contribution >= 4 is 17.3 Å². The van der Waals surface area contributed by atoms with E-state index < -0.39 is 10.9 Å². The van der Waals surface area contributed by atoms with Crippen molar-refractivity contribution in [3.63, 3.8) is 0 Å². The van der Waals surface area contributed by atoms with Crippen LogP contribution < -0.4 is 5.32 Å². The molecule has 0 saturated heterocycles. The largest absolute Gasteiger partial charge is 0.462 e. The molecule has 25 heavy (non-hydrogen) atoms. The smallest absolute Gasteiger partial charge is 0.338 e. The Labute approximate surface area is 147 Å². The summed E-state index contributed by atoms with van der Waals surface area (Å²) in [6.07, 6.45) is 4.61. The molecule has 3 rings (SSSR count). The number of carbonyl (C=O) groups excluding carboxylic acids is 1. The third kappa shape index (κ3) is 3.38. The third-order valence-electron chi connectivity index (χ3n) is 5.35. The highest BCUT2D eigenvalue weighted by molar-refractivity contribution is 5.91. The van der Waals surface area contributed by atoms with Crippen molar-refractivity contribution in [1.82, 2.24) is 0 Å². The van der Waals surface area contributed by atoms with Gasteiger partial charge in [0, 0.05) is 12.1 Å². The summed E-state index contributed by atoms with van der Waals surface area (Å²) in [5.74, 6) is 1.16. The SMILES string of the molecule is CCOC(=O)c1ccc(NC2C=C3C(C)CC3CC2C)c([N+](=O)[O-])c1. The molecule has 0 aromatic heterocycles. The van der Waals surface area contributed by atoms with Gasteiger partial charge in [0.15, 0.2) is 0 Å².